The lowest BCUT2D eigenvalue weighted by Crippen LogP contribution is -2.69. The summed E-state index contributed by atoms with van der Waals surface area (Å²) in [6.07, 6.45) is -81.9. The van der Waals surface area contributed by atoms with Gasteiger partial charge in [-0.25, -0.2) is 0 Å². The van der Waals surface area contributed by atoms with Crippen molar-refractivity contribution in [3.63, 3.8) is 0 Å². The van der Waals surface area contributed by atoms with Gasteiger partial charge < -0.3 is 204 Å². The van der Waals surface area contributed by atoms with Crippen molar-refractivity contribution in [1.29, 1.82) is 0 Å². The molecule has 89 heavy (non-hydrogen) atoms. The summed E-state index contributed by atoms with van der Waals surface area (Å²) in [6, 6.07) is 0. The highest BCUT2D eigenvalue weighted by atomic mass is 16.8. The lowest BCUT2D eigenvalue weighted by atomic mass is 9.95. The van der Waals surface area contributed by atoms with Gasteiger partial charge in [0.2, 0.25) is 0 Å². The largest absolute Gasteiger partial charge is 0.394 e. The minimum atomic E-state index is -2.38. The Kier molecular flexibility index (Phi) is 25.9. The van der Waals surface area contributed by atoms with Gasteiger partial charge in [-0.2, -0.15) is 0 Å². The Morgan fingerprint density at radius 2 is 0.326 bits per heavy atom. The van der Waals surface area contributed by atoms with E-state index in [0.29, 0.717) is 0 Å². The number of ether oxygens (including phenoxy) is 15. The summed E-state index contributed by atoms with van der Waals surface area (Å²) in [5, 5.41) is 281. The maximum atomic E-state index is 11.8. The van der Waals surface area contributed by atoms with Crippen molar-refractivity contribution < 1.29 is 204 Å². The van der Waals surface area contributed by atoms with E-state index in [1.54, 1.807) is 0 Å². The number of hydrogen-bond acceptors (Lipinski definition) is 41. The fraction of sp³-hybridized carbons (Fsp3) is 1.00. The molecule has 8 fully saturated rings. The molecule has 40 atom stereocenters. The first-order chi connectivity index (χ1) is 42.2. The number of aliphatic hydroxyl groups excluding tert-OH is 26. The lowest BCUT2D eigenvalue weighted by molar-refractivity contribution is -0.402. The van der Waals surface area contributed by atoms with Crippen LogP contribution in [0.25, 0.3) is 0 Å². The molecule has 0 aromatic heterocycles. The molecule has 0 saturated carbocycles. The van der Waals surface area contributed by atoms with Gasteiger partial charge in [0.1, 0.15) is 195 Å². The molecule has 0 aromatic rings. The van der Waals surface area contributed by atoms with E-state index in [0.717, 1.165) is 0 Å². The standard InChI is InChI=1S/C48H82O41/c49-1-9-17(57)25(65)26(66)42(76-9)84-35-19(59)11(3-51)78-44(28(35)68)86-37-21(61)13(5-53)80-46(30(37)70)88-39-23(63)15(7-55)82-48(32(39)72)89-40-24(64)16(8-56)81-47(33(40)73)87-38-22(62)14(6-54)79-45(31(38)71)85-36-20(60)12(4-52)77-43(29(36)69)83-34-18(58)10(2-50)75-41(74)27(34)67/h9-74H,1-8H2/t9-,10-,11-,12-,13-,14-,15-,16-,17-,18-,19-,20-,21-,22-,23-,24-,25+,26-,27-,28-,29-,30-,31-,32-,33-,34+,35+,36+,37+,38+,39+,40+,41+,42-,43-,44-,45-,46-,47-,48-/m1/s1. The molecule has 8 aliphatic rings. The molecule has 41 heteroatoms. The van der Waals surface area contributed by atoms with Crippen molar-refractivity contribution in [2.24, 2.45) is 0 Å². The monoisotopic (exact) mass is 1310 g/mol. The van der Waals surface area contributed by atoms with E-state index in [9.17, 15) is 133 Å². The highest BCUT2D eigenvalue weighted by Crippen LogP contribution is 2.39. The smallest absolute Gasteiger partial charge is 0.187 e. The van der Waals surface area contributed by atoms with Crippen LogP contribution in [-0.2, 0) is 71.1 Å². The average molecular weight is 1320 g/mol. The molecule has 0 spiro atoms. The van der Waals surface area contributed by atoms with Gasteiger partial charge in [-0.1, -0.05) is 0 Å². The van der Waals surface area contributed by atoms with Crippen molar-refractivity contribution in [3.8, 4) is 0 Å². The molecule has 0 amide bonds. The molecule has 8 rings (SSSR count). The van der Waals surface area contributed by atoms with E-state index in [2.05, 4.69) is 0 Å². The number of hydrogen-bond donors (Lipinski definition) is 26. The van der Waals surface area contributed by atoms with E-state index in [1.165, 1.54) is 0 Å². The Labute approximate surface area is 501 Å². The summed E-state index contributed by atoms with van der Waals surface area (Å²) in [6.45, 7) is -8.32. The molecule has 0 aliphatic carbocycles. The third kappa shape index (κ3) is 15.0. The highest BCUT2D eigenvalue weighted by molar-refractivity contribution is 5.02. The van der Waals surface area contributed by atoms with Gasteiger partial charge >= 0.3 is 0 Å². The van der Waals surface area contributed by atoms with Gasteiger partial charge in [0.15, 0.2) is 50.3 Å². The molecule has 0 aromatic carbocycles. The molecule has 0 radical (unpaired) electrons. The zero-order valence-corrected chi connectivity index (χ0v) is 46.5. The summed E-state index contributed by atoms with van der Waals surface area (Å²) in [5.74, 6) is 0. The molecule has 41 nitrogen and oxygen atoms in total. The summed E-state index contributed by atoms with van der Waals surface area (Å²) in [5.41, 5.74) is 0. The van der Waals surface area contributed by atoms with Crippen molar-refractivity contribution >= 4 is 0 Å². The topological polar surface area (TPSA) is 664 Å². The average Bonchev–Trinajstić information content (AvgIpc) is 1.53. The number of rotatable bonds is 22. The van der Waals surface area contributed by atoms with Crippen LogP contribution in [0, 0.1) is 0 Å². The van der Waals surface area contributed by atoms with E-state index < -0.39 is 299 Å². The van der Waals surface area contributed by atoms with E-state index >= 15 is 0 Å². The molecule has 8 aliphatic heterocycles. The van der Waals surface area contributed by atoms with Gasteiger partial charge in [-0.3, -0.25) is 0 Å². The summed E-state index contributed by atoms with van der Waals surface area (Å²) < 4.78 is 83.5. The maximum Gasteiger partial charge on any atom is 0.187 e. The molecule has 8 saturated heterocycles. The van der Waals surface area contributed by atoms with Gasteiger partial charge in [0.05, 0.1) is 52.9 Å². The Morgan fingerprint density at radius 3 is 0.517 bits per heavy atom. The van der Waals surface area contributed by atoms with Crippen LogP contribution in [0.2, 0.25) is 0 Å². The predicted molar refractivity (Wildman–Crippen MR) is 264 cm³/mol. The van der Waals surface area contributed by atoms with Gasteiger partial charge in [-0.05, 0) is 0 Å². The van der Waals surface area contributed by atoms with E-state index in [4.69, 9.17) is 71.1 Å². The van der Waals surface area contributed by atoms with Gasteiger partial charge in [-0.15, -0.1) is 0 Å². The first-order valence-electron chi connectivity index (χ1n) is 28.2. The molecule has 26 N–H and O–H groups in total. The van der Waals surface area contributed by atoms with Gasteiger partial charge in [0, 0.05) is 0 Å². The molecular formula is C48H82O41. The molecule has 8 heterocycles. The van der Waals surface area contributed by atoms with Crippen LogP contribution < -0.4 is 0 Å². The molecule has 0 bridgehead atoms. The molecule has 0 unspecified atom stereocenters. The van der Waals surface area contributed by atoms with Gasteiger partial charge in [0.25, 0.3) is 0 Å². The second kappa shape index (κ2) is 31.5. The second-order valence-corrected chi connectivity index (χ2v) is 22.4. The first kappa shape index (κ1) is 73.2. The Morgan fingerprint density at radius 1 is 0.169 bits per heavy atom. The Balaban J connectivity index is 0.965. The minimum absolute atomic E-state index is 0.895. The van der Waals surface area contributed by atoms with Crippen LogP contribution in [0.15, 0.2) is 0 Å². The van der Waals surface area contributed by atoms with Crippen molar-refractivity contribution in [1.82, 2.24) is 0 Å². The zero-order chi connectivity index (χ0) is 65.4. The van der Waals surface area contributed by atoms with Crippen molar-refractivity contribution in [2.45, 2.75) is 246 Å². The van der Waals surface area contributed by atoms with Crippen LogP contribution in [0.5, 0.6) is 0 Å². The Bertz CT molecular complexity index is 2130. The Hall–Kier alpha value is -1.64. The van der Waals surface area contributed by atoms with E-state index in [1.807, 2.05) is 0 Å². The lowest BCUT2D eigenvalue weighted by Gasteiger charge is -2.50. The van der Waals surface area contributed by atoms with Crippen LogP contribution in [0.4, 0.5) is 0 Å². The third-order valence-electron chi connectivity index (χ3n) is 16.7. The second-order valence-electron chi connectivity index (χ2n) is 22.4. The zero-order valence-electron chi connectivity index (χ0n) is 46.5. The minimum Gasteiger partial charge on any atom is -0.394 e. The fourth-order valence-electron chi connectivity index (χ4n) is 11.4. The van der Waals surface area contributed by atoms with E-state index in [-0.39, 0.29) is 0 Å². The highest BCUT2D eigenvalue weighted by Gasteiger charge is 2.60. The summed E-state index contributed by atoms with van der Waals surface area (Å²) in [7, 11) is 0. The molecular weight excluding hydrogens is 1230 g/mol. The van der Waals surface area contributed by atoms with Crippen LogP contribution in [0.1, 0.15) is 0 Å². The fourth-order valence-corrected chi connectivity index (χ4v) is 11.4. The summed E-state index contributed by atoms with van der Waals surface area (Å²) in [4.78, 5) is 0. The summed E-state index contributed by atoms with van der Waals surface area (Å²) >= 11 is 0. The quantitative estimate of drug-likeness (QED) is 0.0479. The number of aliphatic hydroxyl groups is 26. The van der Waals surface area contributed by atoms with Crippen LogP contribution >= 0.6 is 0 Å². The van der Waals surface area contributed by atoms with Crippen LogP contribution in [0.3, 0.4) is 0 Å². The van der Waals surface area contributed by atoms with Crippen LogP contribution in [-0.4, -0.2) is 431 Å². The molecule has 520 valence electrons. The van der Waals surface area contributed by atoms with Crippen molar-refractivity contribution in [3.05, 3.63) is 0 Å². The normalized spacial score (nSPS) is 53.6. The maximum absolute atomic E-state index is 11.8. The van der Waals surface area contributed by atoms with Crippen molar-refractivity contribution in [2.75, 3.05) is 52.9 Å². The predicted octanol–water partition coefficient (Wildman–Crippen LogP) is -18.5. The first-order valence-corrected chi connectivity index (χ1v) is 28.2. The third-order valence-corrected chi connectivity index (χ3v) is 16.7. The SMILES string of the molecule is OC[C@H]1O[C@H](O[C@@H]2[C@@H](O)[C@@H](O[C@@H]3[C@@H](O)[C@@H](O[C@@H]4[C@@H](O)[C@@H](O[C@@H]5[C@@H](O)[C@@H](O[C@@H]6[C@@H](O)[C@@H](O[C@@H]7[C@@H](O)[C@@H](O[C@@H]8[C@@H](O)[C@@H](O)O[C@H](CO)[C@H]8O)O[C@H](CO)[C@H]7O)O[C@H](CO)[C@H]6O)O[C@H](CO)[C@H]5O)O[C@H](CO)[C@H]4O)O[C@H](CO)[C@H]3O)O[C@H](CO)[C@H]2O)[C@H](O)[C@@H](O)[C@@H]1O.